The molecule has 0 radical (unpaired) electrons. The predicted molar refractivity (Wildman–Crippen MR) is 140 cm³/mol. The quantitative estimate of drug-likeness (QED) is 0.276. The average molecular weight is 550 g/mol. The van der Waals surface area contributed by atoms with Gasteiger partial charge >= 0.3 is 12.1 Å². The lowest BCUT2D eigenvalue weighted by atomic mass is 9.93. The number of rotatable bonds is 11. The molecule has 12 heteroatoms. The van der Waals surface area contributed by atoms with Crippen molar-refractivity contribution in [2.24, 2.45) is 0 Å². The summed E-state index contributed by atoms with van der Waals surface area (Å²) in [5.74, 6) is -1.62. The van der Waals surface area contributed by atoms with Crippen LogP contribution in [0.2, 0.25) is 0 Å². The van der Waals surface area contributed by atoms with Gasteiger partial charge in [-0.1, -0.05) is 30.3 Å². The van der Waals surface area contributed by atoms with Gasteiger partial charge in [-0.05, 0) is 33.3 Å². The van der Waals surface area contributed by atoms with Crippen LogP contribution in [0.4, 0.5) is 4.79 Å². The van der Waals surface area contributed by atoms with Gasteiger partial charge in [-0.2, -0.15) is 0 Å². The second kappa shape index (κ2) is 15.2. The minimum atomic E-state index is -1.01. The smallest absolute Gasteiger partial charge is 0.408 e. The molecule has 3 N–H and O–H groups in total. The van der Waals surface area contributed by atoms with Gasteiger partial charge in [-0.25, -0.2) is 9.59 Å². The summed E-state index contributed by atoms with van der Waals surface area (Å²) in [5.41, 5.74) is 0.0711. The van der Waals surface area contributed by atoms with Crippen LogP contribution in [0.1, 0.15) is 40.2 Å². The topological polar surface area (TPSA) is 151 Å². The van der Waals surface area contributed by atoms with E-state index >= 15 is 0 Å². The van der Waals surface area contributed by atoms with Crippen molar-refractivity contribution in [1.82, 2.24) is 16.0 Å². The van der Waals surface area contributed by atoms with Gasteiger partial charge in [-0.15, -0.1) is 0 Å². The van der Waals surface area contributed by atoms with Crippen molar-refractivity contribution in [3.05, 3.63) is 48.0 Å². The van der Waals surface area contributed by atoms with E-state index in [-0.39, 0.29) is 25.7 Å². The maximum absolute atomic E-state index is 12.8. The largest absolute Gasteiger partial charge is 0.463 e. The molecular formula is C27H39N3O9. The van der Waals surface area contributed by atoms with E-state index in [0.29, 0.717) is 0 Å². The third-order valence-corrected chi connectivity index (χ3v) is 5.43. The molecule has 0 unspecified atom stereocenters. The van der Waals surface area contributed by atoms with Crippen LogP contribution in [0, 0.1) is 0 Å². The zero-order valence-corrected chi connectivity index (χ0v) is 23.2. The molecule has 1 fully saturated rings. The second-order valence-electron chi connectivity index (χ2n) is 9.77. The van der Waals surface area contributed by atoms with Crippen LogP contribution in [-0.2, 0) is 44.7 Å². The summed E-state index contributed by atoms with van der Waals surface area (Å²) in [7, 11) is 1.40. The number of amides is 3. The molecule has 3 amide bonds. The highest BCUT2D eigenvalue weighted by Gasteiger charge is 2.48. The Morgan fingerprint density at radius 3 is 2.31 bits per heavy atom. The highest BCUT2D eigenvalue weighted by molar-refractivity contribution is 5.94. The molecule has 0 spiro atoms. The zero-order valence-electron chi connectivity index (χ0n) is 23.2. The summed E-state index contributed by atoms with van der Waals surface area (Å²) in [6.07, 6.45) is -1.45. The molecule has 0 aromatic heterocycles. The maximum atomic E-state index is 12.8. The average Bonchev–Trinajstić information content (AvgIpc) is 2.86. The molecule has 1 aromatic rings. The fourth-order valence-electron chi connectivity index (χ4n) is 3.84. The monoisotopic (exact) mass is 549 g/mol. The molecule has 1 aliphatic rings. The number of hydrogen-bond donors (Lipinski definition) is 3. The van der Waals surface area contributed by atoms with Crippen LogP contribution in [0.15, 0.2) is 42.5 Å². The van der Waals surface area contributed by atoms with E-state index < -0.39 is 54.2 Å². The van der Waals surface area contributed by atoms with E-state index in [0.717, 1.165) is 17.7 Å². The van der Waals surface area contributed by atoms with Gasteiger partial charge in [0.25, 0.3) is 0 Å². The predicted octanol–water partition coefficient (Wildman–Crippen LogP) is 1.58. The standard InChI is InChI=1S/C27H39N3O9/c1-7-36-21(33)14-13-20(32)29-22-19(15-28-17(2)31)38-25(35-6)23(30-26(34)39-27(3,4)5)24(22)37-16-18-11-9-8-10-12-18/h8-14,19,22-25H,7,15-16H2,1-6H3,(H,28,31)(H,29,32)(H,30,34)/b14-13-/t19-,22+,23+,24-,25+/m1/s1. The van der Waals surface area contributed by atoms with Crippen molar-refractivity contribution in [2.75, 3.05) is 20.3 Å². The van der Waals surface area contributed by atoms with Crippen LogP contribution >= 0.6 is 0 Å². The van der Waals surface area contributed by atoms with Crippen molar-refractivity contribution >= 4 is 23.9 Å². The Kier molecular flexibility index (Phi) is 12.4. The van der Waals surface area contributed by atoms with Gasteiger partial charge in [-0.3, -0.25) is 9.59 Å². The van der Waals surface area contributed by atoms with Crippen molar-refractivity contribution in [2.45, 2.75) is 77.4 Å². The summed E-state index contributed by atoms with van der Waals surface area (Å²) in [6.45, 7) is 8.47. The highest BCUT2D eigenvalue weighted by Crippen LogP contribution is 2.26. The molecule has 0 bridgehead atoms. The molecule has 0 aliphatic carbocycles. The number of carbonyl (C=O) groups excluding carboxylic acids is 4. The lowest BCUT2D eigenvalue weighted by Crippen LogP contribution is -2.70. The molecule has 39 heavy (non-hydrogen) atoms. The zero-order chi connectivity index (χ0) is 29.0. The molecule has 2 rings (SSSR count). The SMILES string of the molecule is CCOC(=O)/C=C\C(=O)N[C@@H]1[C@@H](OCc2ccccc2)[C@H](NC(=O)OC(C)(C)C)[C@@H](OC)O[C@@H]1CNC(C)=O. The summed E-state index contributed by atoms with van der Waals surface area (Å²) in [4.78, 5) is 49.0. The highest BCUT2D eigenvalue weighted by atomic mass is 16.7. The molecule has 216 valence electrons. The fourth-order valence-corrected chi connectivity index (χ4v) is 3.84. The third-order valence-electron chi connectivity index (χ3n) is 5.43. The molecule has 0 saturated carbocycles. The lowest BCUT2D eigenvalue weighted by molar-refractivity contribution is -0.237. The Morgan fingerprint density at radius 2 is 1.72 bits per heavy atom. The number of methoxy groups -OCH3 is 1. The third kappa shape index (κ3) is 11.0. The molecule has 1 aromatic carbocycles. The minimum absolute atomic E-state index is 0.00604. The van der Waals surface area contributed by atoms with Crippen molar-refractivity contribution in [3.8, 4) is 0 Å². The molecule has 12 nitrogen and oxygen atoms in total. The normalized spacial score (nSPS) is 23.1. The first-order chi connectivity index (χ1) is 18.4. The van der Waals surface area contributed by atoms with Crippen molar-refractivity contribution < 1.29 is 42.9 Å². The molecule has 1 aliphatic heterocycles. The fraction of sp³-hybridized carbons (Fsp3) is 0.556. The number of hydrogen-bond acceptors (Lipinski definition) is 9. The van der Waals surface area contributed by atoms with E-state index in [1.165, 1.54) is 14.0 Å². The maximum Gasteiger partial charge on any atom is 0.408 e. The van der Waals surface area contributed by atoms with Gasteiger partial charge in [0, 0.05) is 32.7 Å². The number of alkyl carbamates (subject to hydrolysis) is 1. The Balaban J connectivity index is 2.42. The summed E-state index contributed by atoms with van der Waals surface area (Å²) < 4.78 is 28.2. The van der Waals surface area contributed by atoms with Crippen LogP contribution in [0.25, 0.3) is 0 Å². The van der Waals surface area contributed by atoms with Gasteiger partial charge < -0.3 is 39.6 Å². The van der Waals surface area contributed by atoms with Crippen LogP contribution < -0.4 is 16.0 Å². The van der Waals surface area contributed by atoms with Gasteiger partial charge in [0.1, 0.15) is 23.9 Å². The van der Waals surface area contributed by atoms with E-state index in [9.17, 15) is 19.2 Å². The number of ether oxygens (including phenoxy) is 5. The van der Waals surface area contributed by atoms with Crippen LogP contribution in [-0.4, -0.2) is 80.3 Å². The summed E-state index contributed by atoms with van der Waals surface area (Å²) in [5, 5.41) is 8.22. The van der Waals surface area contributed by atoms with Gasteiger partial charge in [0.2, 0.25) is 11.8 Å². The van der Waals surface area contributed by atoms with Gasteiger partial charge in [0.15, 0.2) is 6.29 Å². The van der Waals surface area contributed by atoms with E-state index in [1.807, 2.05) is 30.3 Å². The Hall–Kier alpha value is -3.48. The lowest BCUT2D eigenvalue weighted by Gasteiger charge is -2.46. The first kappa shape index (κ1) is 31.7. The first-order valence-electron chi connectivity index (χ1n) is 12.7. The number of esters is 1. The molecule has 1 saturated heterocycles. The Labute approximate surface area is 228 Å². The van der Waals surface area contributed by atoms with E-state index in [2.05, 4.69) is 16.0 Å². The van der Waals surface area contributed by atoms with Gasteiger partial charge in [0.05, 0.1) is 19.3 Å². The van der Waals surface area contributed by atoms with E-state index in [1.54, 1.807) is 27.7 Å². The Bertz CT molecular complexity index is 994. The molecule has 5 atom stereocenters. The number of nitrogens with one attached hydrogen (secondary N) is 3. The summed E-state index contributed by atoms with van der Waals surface area (Å²) in [6, 6.07) is 7.50. The van der Waals surface area contributed by atoms with Crippen LogP contribution in [0.3, 0.4) is 0 Å². The van der Waals surface area contributed by atoms with Crippen LogP contribution in [0.5, 0.6) is 0 Å². The molecular weight excluding hydrogens is 510 g/mol. The van der Waals surface area contributed by atoms with Crippen molar-refractivity contribution in [1.29, 1.82) is 0 Å². The number of carbonyl (C=O) groups is 4. The molecule has 1 heterocycles. The van der Waals surface area contributed by atoms with E-state index in [4.69, 9.17) is 23.7 Å². The summed E-state index contributed by atoms with van der Waals surface area (Å²) >= 11 is 0. The first-order valence-corrected chi connectivity index (χ1v) is 12.7. The Morgan fingerprint density at radius 1 is 1.03 bits per heavy atom. The van der Waals surface area contributed by atoms with Crippen molar-refractivity contribution in [3.63, 3.8) is 0 Å². The minimum Gasteiger partial charge on any atom is -0.463 e. The number of benzene rings is 1. The second-order valence-corrected chi connectivity index (χ2v) is 9.77.